The molecule has 1 aliphatic rings. The number of nitrogens with one attached hydrogen (secondary N) is 1. The van der Waals surface area contributed by atoms with E-state index in [-0.39, 0.29) is 11.2 Å². The first-order valence-electron chi connectivity index (χ1n) is 6.92. The standard InChI is InChI=1S/C15H17N3O2/c1-2-15(8-5-9-15)16-12-10-6-3-4-7-11(10)17-18-13(12)14(19)20/h3-4,6-7H,2,5,8-9H2,1H3,(H,16,17)(H,19,20). The Morgan fingerprint density at radius 1 is 1.35 bits per heavy atom. The van der Waals surface area contributed by atoms with Gasteiger partial charge in [0, 0.05) is 10.9 Å². The number of hydrogen-bond donors (Lipinski definition) is 2. The zero-order chi connectivity index (χ0) is 14.2. The second-order valence-electron chi connectivity index (χ2n) is 5.36. The molecule has 0 spiro atoms. The van der Waals surface area contributed by atoms with Gasteiger partial charge >= 0.3 is 5.97 Å². The van der Waals surface area contributed by atoms with Crippen molar-refractivity contribution in [2.45, 2.75) is 38.1 Å². The van der Waals surface area contributed by atoms with Gasteiger partial charge in [-0.3, -0.25) is 0 Å². The molecule has 1 fully saturated rings. The van der Waals surface area contributed by atoms with E-state index in [4.69, 9.17) is 0 Å². The lowest BCUT2D eigenvalue weighted by Crippen LogP contribution is -2.44. The van der Waals surface area contributed by atoms with Crippen LogP contribution in [0.15, 0.2) is 24.3 Å². The molecule has 2 aromatic rings. The van der Waals surface area contributed by atoms with Gasteiger partial charge in [-0.2, -0.15) is 0 Å². The molecule has 104 valence electrons. The molecule has 5 heteroatoms. The fraction of sp³-hybridized carbons (Fsp3) is 0.400. The number of aromatic nitrogens is 2. The van der Waals surface area contributed by atoms with E-state index < -0.39 is 5.97 Å². The molecule has 0 radical (unpaired) electrons. The second-order valence-corrected chi connectivity index (χ2v) is 5.36. The molecule has 5 nitrogen and oxygen atoms in total. The number of fused-ring (bicyclic) bond motifs is 1. The van der Waals surface area contributed by atoms with E-state index in [1.807, 2.05) is 24.3 Å². The van der Waals surface area contributed by atoms with Gasteiger partial charge in [0.25, 0.3) is 0 Å². The summed E-state index contributed by atoms with van der Waals surface area (Å²) < 4.78 is 0. The van der Waals surface area contributed by atoms with Crippen molar-refractivity contribution in [2.75, 3.05) is 5.32 Å². The Labute approximate surface area is 117 Å². The second kappa shape index (κ2) is 4.74. The van der Waals surface area contributed by atoms with Crippen LogP contribution in [0.4, 0.5) is 5.69 Å². The topological polar surface area (TPSA) is 75.1 Å². The summed E-state index contributed by atoms with van der Waals surface area (Å²) in [5.41, 5.74) is 1.33. The Hall–Kier alpha value is -2.17. The van der Waals surface area contributed by atoms with E-state index in [9.17, 15) is 9.90 Å². The minimum absolute atomic E-state index is 0.00317. The average molecular weight is 271 g/mol. The molecule has 20 heavy (non-hydrogen) atoms. The Morgan fingerprint density at radius 3 is 2.70 bits per heavy atom. The Bertz CT molecular complexity index is 660. The summed E-state index contributed by atoms with van der Waals surface area (Å²) in [5.74, 6) is -1.05. The monoisotopic (exact) mass is 271 g/mol. The van der Waals surface area contributed by atoms with Crippen LogP contribution in [0.1, 0.15) is 43.1 Å². The van der Waals surface area contributed by atoms with Crippen LogP contribution in [0.2, 0.25) is 0 Å². The molecule has 0 unspecified atom stereocenters. The first-order chi connectivity index (χ1) is 9.65. The summed E-state index contributed by atoms with van der Waals surface area (Å²) in [4.78, 5) is 11.4. The van der Waals surface area contributed by atoms with Gasteiger partial charge in [-0.15, -0.1) is 10.2 Å². The summed E-state index contributed by atoms with van der Waals surface area (Å²) in [5, 5.41) is 21.5. The molecular weight excluding hydrogens is 254 g/mol. The number of benzene rings is 1. The molecule has 0 atom stereocenters. The maximum absolute atomic E-state index is 11.4. The lowest BCUT2D eigenvalue weighted by molar-refractivity contribution is 0.0690. The number of hydrogen-bond acceptors (Lipinski definition) is 4. The van der Waals surface area contributed by atoms with Gasteiger partial charge in [0.2, 0.25) is 0 Å². The molecule has 1 aliphatic carbocycles. The normalized spacial score (nSPS) is 16.6. The molecular formula is C15H17N3O2. The SMILES string of the molecule is CCC1(Nc2c(C(=O)O)nnc3ccccc23)CCC1. The largest absolute Gasteiger partial charge is 0.476 e. The van der Waals surface area contributed by atoms with Crippen LogP contribution in [0.25, 0.3) is 10.9 Å². The van der Waals surface area contributed by atoms with Crippen molar-refractivity contribution in [3.8, 4) is 0 Å². The van der Waals surface area contributed by atoms with E-state index in [1.54, 1.807) is 0 Å². The number of anilines is 1. The van der Waals surface area contributed by atoms with Crippen LogP contribution in [0.5, 0.6) is 0 Å². The first kappa shape index (κ1) is 12.8. The third kappa shape index (κ3) is 1.99. The third-order valence-electron chi connectivity index (χ3n) is 4.25. The van der Waals surface area contributed by atoms with Crippen molar-refractivity contribution >= 4 is 22.6 Å². The van der Waals surface area contributed by atoms with Crippen LogP contribution in [-0.2, 0) is 0 Å². The Balaban J connectivity index is 2.14. The van der Waals surface area contributed by atoms with Crippen molar-refractivity contribution in [2.24, 2.45) is 0 Å². The van der Waals surface area contributed by atoms with Crippen molar-refractivity contribution < 1.29 is 9.90 Å². The Kier molecular flexibility index (Phi) is 3.04. The minimum atomic E-state index is -1.05. The molecule has 1 saturated carbocycles. The average Bonchev–Trinajstić information content (AvgIpc) is 2.42. The lowest BCUT2D eigenvalue weighted by Gasteiger charge is -2.43. The van der Waals surface area contributed by atoms with Crippen LogP contribution in [-0.4, -0.2) is 26.8 Å². The van der Waals surface area contributed by atoms with Crippen molar-refractivity contribution in [3.63, 3.8) is 0 Å². The molecule has 0 saturated heterocycles. The molecule has 3 rings (SSSR count). The number of rotatable bonds is 4. The highest BCUT2D eigenvalue weighted by Crippen LogP contribution is 2.40. The van der Waals surface area contributed by atoms with E-state index >= 15 is 0 Å². The first-order valence-corrected chi connectivity index (χ1v) is 6.92. The van der Waals surface area contributed by atoms with Gasteiger partial charge in [-0.1, -0.05) is 25.1 Å². The highest BCUT2D eigenvalue weighted by Gasteiger charge is 2.36. The zero-order valence-electron chi connectivity index (χ0n) is 11.4. The van der Waals surface area contributed by atoms with Gasteiger partial charge in [-0.05, 0) is 31.7 Å². The van der Waals surface area contributed by atoms with E-state index in [2.05, 4.69) is 22.4 Å². The van der Waals surface area contributed by atoms with Gasteiger partial charge in [0.1, 0.15) is 0 Å². The van der Waals surface area contributed by atoms with Crippen molar-refractivity contribution in [3.05, 3.63) is 30.0 Å². The summed E-state index contributed by atoms with van der Waals surface area (Å²) in [6.07, 6.45) is 4.29. The van der Waals surface area contributed by atoms with Crippen LogP contribution < -0.4 is 5.32 Å². The smallest absolute Gasteiger partial charge is 0.358 e. The predicted octanol–water partition coefficient (Wildman–Crippen LogP) is 3.07. The number of carboxylic acid groups (broad SMARTS) is 1. The lowest BCUT2D eigenvalue weighted by atomic mass is 9.74. The summed E-state index contributed by atoms with van der Waals surface area (Å²) in [7, 11) is 0. The van der Waals surface area contributed by atoms with Crippen molar-refractivity contribution in [1.82, 2.24) is 10.2 Å². The molecule has 0 amide bonds. The predicted molar refractivity (Wildman–Crippen MR) is 77.0 cm³/mol. The van der Waals surface area contributed by atoms with E-state index in [0.29, 0.717) is 11.2 Å². The third-order valence-corrected chi connectivity index (χ3v) is 4.25. The maximum atomic E-state index is 11.4. The molecule has 0 bridgehead atoms. The summed E-state index contributed by atoms with van der Waals surface area (Å²) in [6.45, 7) is 2.13. The molecule has 1 aromatic heterocycles. The number of aromatic carboxylic acids is 1. The number of nitrogens with zero attached hydrogens (tertiary/aromatic N) is 2. The van der Waals surface area contributed by atoms with Crippen LogP contribution in [0, 0.1) is 0 Å². The van der Waals surface area contributed by atoms with E-state index in [0.717, 1.165) is 24.6 Å². The van der Waals surface area contributed by atoms with Gasteiger partial charge in [0.15, 0.2) is 5.69 Å². The highest BCUT2D eigenvalue weighted by molar-refractivity contribution is 6.02. The Morgan fingerprint density at radius 2 is 2.10 bits per heavy atom. The zero-order valence-corrected chi connectivity index (χ0v) is 11.4. The van der Waals surface area contributed by atoms with Crippen LogP contribution >= 0.6 is 0 Å². The highest BCUT2D eigenvalue weighted by atomic mass is 16.4. The number of carbonyl (C=O) groups is 1. The molecule has 1 heterocycles. The van der Waals surface area contributed by atoms with Gasteiger partial charge < -0.3 is 10.4 Å². The van der Waals surface area contributed by atoms with Crippen LogP contribution in [0.3, 0.4) is 0 Å². The van der Waals surface area contributed by atoms with E-state index in [1.165, 1.54) is 6.42 Å². The molecule has 0 aliphatic heterocycles. The fourth-order valence-electron chi connectivity index (χ4n) is 2.77. The summed E-state index contributed by atoms with van der Waals surface area (Å²) >= 11 is 0. The quantitative estimate of drug-likeness (QED) is 0.893. The minimum Gasteiger partial charge on any atom is -0.476 e. The summed E-state index contributed by atoms with van der Waals surface area (Å²) in [6, 6.07) is 7.50. The van der Waals surface area contributed by atoms with Gasteiger partial charge in [0.05, 0.1) is 11.2 Å². The molecule has 2 N–H and O–H groups in total. The van der Waals surface area contributed by atoms with Gasteiger partial charge in [-0.25, -0.2) is 4.79 Å². The maximum Gasteiger partial charge on any atom is 0.358 e. The molecule has 1 aromatic carbocycles. The number of carboxylic acids is 1. The van der Waals surface area contributed by atoms with Crippen molar-refractivity contribution in [1.29, 1.82) is 0 Å². The fourth-order valence-corrected chi connectivity index (χ4v) is 2.77.